The molecule has 3 unspecified atom stereocenters. The molecule has 6 aromatic carbocycles. The number of esters is 2. The first-order chi connectivity index (χ1) is 34.7. The van der Waals surface area contributed by atoms with Crippen LogP contribution in [0.5, 0.6) is 0 Å². The summed E-state index contributed by atoms with van der Waals surface area (Å²) in [6.07, 6.45) is 5.08. The van der Waals surface area contributed by atoms with E-state index in [0.29, 0.717) is 46.5 Å². The number of nitrogens with one attached hydrogen (secondary N) is 1. The van der Waals surface area contributed by atoms with Crippen LogP contribution in [0, 0.1) is 0 Å². The monoisotopic (exact) mass is 1390 g/mol. The molecule has 10 rings (SSSR count). The van der Waals surface area contributed by atoms with E-state index in [2.05, 4.69) is 183 Å². The Hall–Kier alpha value is -4.26. The van der Waals surface area contributed by atoms with Gasteiger partial charge in [0.15, 0.2) is 0 Å². The molecule has 0 saturated carbocycles. The third-order valence-corrected chi connectivity index (χ3v) is 12.4. The molecular weight excluding hydrogens is 1330 g/mol. The van der Waals surface area contributed by atoms with Gasteiger partial charge in [-0.25, -0.2) is 14.6 Å². The molecule has 0 aliphatic carbocycles. The number of benzene rings is 6. The fourth-order valence-electron chi connectivity index (χ4n) is 6.50. The number of aliphatic hydroxyl groups is 2. The number of β-amino-alcohol motifs (C(OH)–C–C–N with tert-alkyl or cyclic N) is 1. The first kappa shape index (κ1) is 63.9. The predicted octanol–water partition coefficient (Wildman–Crippen LogP) is 8.26. The predicted molar refractivity (Wildman–Crippen MR) is 324 cm³/mol. The smallest absolute Gasteiger partial charge is 0.346 e. The van der Waals surface area contributed by atoms with Crippen molar-refractivity contribution in [2.24, 2.45) is 5.73 Å². The van der Waals surface area contributed by atoms with Crippen molar-refractivity contribution in [3.05, 3.63) is 216 Å². The number of carbonyl (C=O) groups is 6. The fraction of sp³-hybridized carbons (Fsp3) is 0.118. The molecule has 3 aliphatic heterocycles. The van der Waals surface area contributed by atoms with Gasteiger partial charge < -0.3 is 25.7 Å². The van der Waals surface area contributed by atoms with Crippen LogP contribution in [0.3, 0.4) is 0 Å². The van der Waals surface area contributed by atoms with Crippen molar-refractivity contribution in [1.29, 1.82) is 0 Å². The molecule has 7 aromatic rings. The zero-order chi connectivity index (χ0) is 52.0. The van der Waals surface area contributed by atoms with Crippen molar-refractivity contribution in [2.45, 2.75) is 0 Å². The summed E-state index contributed by atoms with van der Waals surface area (Å²) in [5.74, 6) is -2.07. The molecule has 21 heteroatoms. The molecule has 1 aromatic heterocycles. The van der Waals surface area contributed by atoms with E-state index in [1.807, 2.05) is 0 Å². The number of imidazole rings is 1. The summed E-state index contributed by atoms with van der Waals surface area (Å²) in [4.78, 5) is 77.0. The van der Waals surface area contributed by atoms with Crippen molar-refractivity contribution < 1.29 is 43.7 Å². The Balaban J connectivity index is 0.000000306. The molecule has 378 valence electrons. The molecule has 0 fully saturated rings. The molecule has 72 heavy (non-hydrogen) atoms. The second-order valence-electron chi connectivity index (χ2n) is 13.9. The molecule has 4 heterocycles. The first-order valence-electron chi connectivity index (χ1n) is 21.3. The first-order valence-corrected chi connectivity index (χ1v) is 33.1. The van der Waals surface area contributed by atoms with Crippen LogP contribution in [0.15, 0.2) is 183 Å². The van der Waals surface area contributed by atoms with Crippen LogP contribution in [0.4, 0.5) is 0 Å². The Morgan fingerprint density at radius 1 is 0.528 bits per heavy atom. The third kappa shape index (κ3) is 18.9. The minimum atomic E-state index is -0.550. The number of aromatic amines is 1. The van der Waals surface area contributed by atoms with E-state index in [1.165, 1.54) is 20.8 Å². The highest BCUT2D eigenvalue weighted by Crippen LogP contribution is 2.32. The van der Waals surface area contributed by atoms with Gasteiger partial charge in [0.05, 0.1) is 59.5 Å². The molecule has 0 spiro atoms. The number of cyclic esters (lactones) is 2. The Kier molecular flexibility index (Phi) is 32.5. The molecular formula is C51H54I3N5O9P4. The molecule has 0 radical (unpaired) electrons. The number of rotatable bonds is 8. The van der Waals surface area contributed by atoms with Crippen molar-refractivity contribution in [1.82, 2.24) is 19.8 Å². The highest BCUT2D eigenvalue weighted by atomic mass is 128. The minimum Gasteiger partial charge on any atom is -0.395 e. The van der Waals surface area contributed by atoms with Gasteiger partial charge in [-0.05, 0) is 60.2 Å². The standard InChI is InChI=1S/C18H15P.C10H8INO2.C10H9NO3.C8H4O3.C3H4N2.C2H7NO.I2.H4P2.H3P/c1-4-10-16(11-5-1)19(17-12-6-2-7-13-17)18-14-8-3-9-15-18;11-5-6-12-9(13)7-3-1-2-4-8(7)10(12)14;12-6-5-11-9(13)7-3-1-2-4-8(7)10(11)14;9-7-5-3-1-2-4-6(5)8(10)11-7;1-2-5-3-4-1;3-1-2-4;2*1-2;/h1-15H;1-4H,5-6H2;1-4,12H,5-6H2;1-4H;1-3H,(H,4,5);4H,1-3H2;;1-2H2;1H3. The number of nitrogens with two attached hydrogens (primary N) is 1. The maximum atomic E-state index is 11.7. The van der Waals surface area contributed by atoms with Gasteiger partial charge >= 0.3 is 11.9 Å². The average molecular weight is 1390 g/mol. The lowest BCUT2D eigenvalue weighted by molar-refractivity contribution is 0.0441. The minimum absolute atomic E-state index is 0. The van der Waals surface area contributed by atoms with E-state index in [4.69, 9.17) is 15.9 Å². The highest BCUT2D eigenvalue weighted by Gasteiger charge is 2.35. The van der Waals surface area contributed by atoms with Crippen LogP contribution in [-0.4, -0.2) is 103 Å². The van der Waals surface area contributed by atoms with Crippen LogP contribution in [0.2, 0.25) is 0 Å². The van der Waals surface area contributed by atoms with Crippen molar-refractivity contribution in [3.8, 4) is 0 Å². The van der Waals surface area contributed by atoms with Crippen molar-refractivity contribution in [3.63, 3.8) is 0 Å². The van der Waals surface area contributed by atoms with Gasteiger partial charge in [0.2, 0.25) is 0 Å². The molecule has 0 saturated heterocycles. The quantitative estimate of drug-likeness (QED) is 0.0284. The van der Waals surface area contributed by atoms with Crippen molar-refractivity contribution in [2.75, 3.05) is 37.3 Å². The summed E-state index contributed by atoms with van der Waals surface area (Å²) in [6.45, 7) is 0.824. The van der Waals surface area contributed by atoms with Gasteiger partial charge in [0.1, 0.15) is 0 Å². The summed E-state index contributed by atoms with van der Waals surface area (Å²) in [6, 6.07) is 52.5. The van der Waals surface area contributed by atoms with Gasteiger partial charge in [-0.1, -0.05) is 150 Å². The lowest BCUT2D eigenvalue weighted by Crippen LogP contribution is -2.32. The Labute approximate surface area is 465 Å². The maximum Gasteiger partial charge on any atom is 0.346 e. The van der Waals surface area contributed by atoms with E-state index in [9.17, 15) is 28.8 Å². The van der Waals surface area contributed by atoms with Gasteiger partial charge in [-0.15, -0.1) is 17.9 Å². The molecule has 0 bridgehead atoms. The number of amides is 4. The molecule has 14 nitrogen and oxygen atoms in total. The Bertz CT molecular complexity index is 2440. The fourth-order valence-corrected chi connectivity index (χ4v) is 9.28. The van der Waals surface area contributed by atoms with E-state index in [0.717, 1.165) is 9.33 Å². The molecule has 3 aliphatic rings. The molecule has 3 atom stereocenters. The van der Waals surface area contributed by atoms with Crippen LogP contribution in [0.1, 0.15) is 62.1 Å². The zero-order valence-electron chi connectivity index (χ0n) is 38.7. The number of hydrogen-bond acceptors (Lipinski definition) is 11. The normalized spacial score (nSPS) is 11.9. The lowest BCUT2D eigenvalue weighted by Gasteiger charge is -2.18. The SMILES string of the molecule is II.NCCO.O=C1OC(=O)c2ccccc21.O=C1c2ccccc2C(=O)N1CCI.O=C1c2ccccc2C(=O)N1CCO.P.PP.c1c[nH]cn1.c1ccc(P(c2ccccc2)c2ccccc2)cc1. The number of aromatic nitrogens is 2. The molecule has 4 amide bonds. The maximum absolute atomic E-state index is 11.7. The van der Waals surface area contributed by atoms with Crippen LogP contribution >= 0.6 is 95.5 Å². The third-order valence-electron chi connectivity index (χ3n) is 9.52. The summed E-state index contributed by atoms with van der Waals surface area (Å²) in [5, 5.41) is 20.6. The summed E-state index contributed by atoms with van der Waals surface area (Å²) in [5.41, 5.74) is 7.40. The number of fused-ring (bicyclic) bond motifs is 3. The van der Waals surface area contributed by atoms with Crippen LogP contribution in [-0.2, 0) is 4.74 Å². The number of aliphatic hydroxyl groups excluding tert-OH is 2. The van der Waals surface area contributed by atoms with Gasteiger partial charge in [-0.3, -0.25) is 29.0 Å². The largest absolute Gasteiger partial charge is 0.395 e. The van der Waals surface area contributed by atoms with Gasteiger partial charge in [0.25, 0.3) is 23.6 Å². The van der Waals surface area contributed by atoms with E-state index >= 15 is 0 Å². The number of hydrogen-bond donors (Lipinski definition) is 4. The number of imide groups is 2. The topological polar surface area (TPSA) is 213 Å². The summed E-state index contributed by atoms with van der Waals surface area (Å²) < 4.78 is 5.12. The molecule has 5 N–H and O–H groups in total. The van der Waals surface area contributed by atoms with Gasteiger partial charge in [0, 0.05) is 67.1 Å². The Morgan fingerprint density at radius 3 is 1.08 bits per heavy atom. The van der Waals surface area contributed by atoms with E-state index < -0.39 is 19.9 Å². The number of nitrogens with zero attached hydrogens (tertiary/aromatic N) is 3. The Morgan fingerprint density at radius 2 is 0.833 bits per heavy atom. The zero-order valence-corrected chi connectivity index (χ0v) is 49.8. The number of H-pyrrole nitrogens is 1. The van der Waals surface area contributed by atoms with Crippen LogP contribution < -0.4 is 21.6 Å². The highest BCUT2D eigenvalue weighted by molar-refractivity contribution is 15.0. The second-order valence-corrected chi connectivity index (χ2v) is 17.2. The summed E-state index contributed by atoms with van der Waals surface area (Å²) >= 11 is 6.39. The number of halogens is 3. The van der Waals surface area contributed by atoms with E-state index in [1.54, 1.807) is 91.5 Å². The van der Waals surface area contributed by atoms with Crippen LogP contribution in [0.25, 0.3) is 0 Å². The number of ether oxygens (including phenoxy) is 1. The lowest BCUT2D eigenvalue weighted by atomic mass is 10.1. The average Bonchev–Trinajstić information content (AvgIpc) is 4.22. The number of carbonyl (C=O) groups excluding carboxylic acids is 6. The number of alkyl halides is 1. The van der Waals surface area contributed by atoms with E-state index in [-0.39, 0.29) is 53.3 Å². The van der Waals surface area contributed by atoms with Gasteiger partial charge in [-0.2, -0.15) is 9.90 Å². The second kappa shape index (κ2) is 36.6. The summed E-state index contributed by atoms with van der Waals surface area (Å²) in [7, 11) is 4.22. The van der Waals surface area contributed by atoms with Crippen molar-refractivity contribution >= 4 is 147 Å².